The molecule has 0 spiro atoms. The predicted octanol–water partition coefficient (Wildman–Crippen LogP) is 3.53. The van der Waals surface area contributed by atoms with Crippen molar-refractivity contribution >= 4 is 38.2 Å². The average molecular weight is 316 g/mol. The van der Waals surface area contributed by atoms with Crippen molar-refractivity contribution in [2.45, 2.75) is 6.92 Å². The van der Waals surface area contributed by atoms with Crippen molar-refractivity contribution in [3.05, 3.63) is 27.7 Å². The molecule has 0 aliphatic heterocycles. The van der Waals surface area contributed by atoms with E-state index in [1.54, 1.807) is 24.4 Å². The molecule has 17 heavy (non-hydrogen) atoms. The molecule has 0 aliphatic rings. The number of anilines is 1. The van der Waals surface area contributed by atoms with Gasteiger partial charge in [-0.15, -0.1) is 11.3 Å². The highest BCUT2D eigenvalue weighted by Gasteiger charge is 2.21. The molecule has 6 heteroatoms. The Balaban J connectivity index is 2.45. The number of carbonyl (C=O) groups excluding carboxylic acids is 1. The summed E-state index contributed by atoms with van der Waals surface area (Å²) in [6.07, 6.45) is 0. The molecular formula is C11H10BrNO3S. The van der Waals surface area contributed by atoms with Crippen LogP contribution in [0.5, 0.6) is 0 Å². The summed E-state index contributed by atoms with van der Waals surface area (Å²) in [5.41, 5.74) is 6.82. The van der Waals surface area contributed by atoms with Crippen LogP contribution in [0, 0.1) is 0 Å². The molecule has 0 saturated heterocycles. The van der Waals surface area contributed by atoms with Gasteiger partial charge >= 0.3 is 5.97 Å². The lowest BCUT2D eigenvalue weighted by atomic mass is 10.1. The van der Waals surface area contributed by atoms with Crippen LogP contribution >= 0.6 is 27.3 Å². The summed E-state index contributed by atoms with van der Waals surface area (Å²) in [6, 6.07) is 3.53. The minimum absolute atomic E-state index is 0.315. The van der Waals surface area contributed by atoms with Crippen LogP contribution in [0.2, 0.25) is 0 Å². The summed E-state index contributed by atoms with van der Waals surface area (Å²) in [4.78, 5) is 11.8. The van der Waals surface area contributed by atoms with Crippen LogP contribution in [0.4, 0.5) is 5.00 Å². The Hall–Kier alpha value is -1.27. The standard InChI is InChI=1S/C11H10BrNO3S/c1-2-15-11(14)9-6(5-17-10(9)13)7-3-4-8(12)16-7/h3-5H,2,13H2,1H3. The molecule has 2 rings (SSSR count). The predicted molar refractivity (Wildman–Crippen MR) is 70.1 cm³/mol. The second-order valence-electron chi connectivity index (χ2n) is 3.21. The molecule has 2 N–H and O–H groups in total. The van der Waals surface area contributed by atoms with E-state index < -0.39 is 5.97 Å². The highest BCUT2D eigenvalue weighted by molar-refractivity contribution is 9.10. The van der Waals surface area contributed by atoms with Gasteiger partial charge in [0.1, 0.15) is 16.3 Å². The van der Waals surface area contributed by atoms with Crippen LogP contribution in [0.25, 0.3) is 11.3 Å². The topological polar surface area (TPSA) is 65.5 Å². The maximum Gasteiger partial charge on any atom is 0.341 e. The molecule has 2 heterocycles. The van der Waals surface area contributed by atoms with E-state index in [0.717, 1.165) is 0 Å². The van der Waals surface area contributed by atoms with Crippen LogP contribution in [0.15, 0.2) is 26.6 Å². The molecule has 0 atom stereocenters. The third-order valence-corrected chi connectivity index (χ3v) is 3.38. The Kier molecular flexibility index (Phi) is 3.54. The normalized spacial score (nSPS) is 10.5. The van der Waals surface area contributed by atoms with Crippen molar-refractivity contribution in [3.63, 3.8) is 0 Å². The second-order valence-corrected chi connectivity index (χ2v) is 4.91. The first-order valence-electron chi connectivity index (χ1n) is 4.93. The van der Waals surface area contributed by atoms with Crippen LogP contribution in [0.3, 0.4) is 0 Å². The zero-order valence-electron chi connectivity index (χ0n) is 9.03. The van der Waals surface area contributed by atoms with Gasteiger partial charge in [-0.25, -0.2) is 4.79 Å². The van der Waals surface area contributed by atoms with Crippen LogP contribution in [0.1, 0.15) is 17.3 Å². The molecule has 90 valence electrons. The van der Waals surface area contributed by atoms with Gasteiger partial charge in [0, 0.05) is 10.9 Å². The van der Waals surface area contributed by atoms with Gasteiger partial charge < -0.3 is 14.9 Å². The van der Waals surface area contributed by atoms with Crippen LogP contribution in [-0.2, 0) is 4.74 Å². The second kappa shape index (κ2) is 4.93. The van der Waals surface area contributed by atoms with E-state index >= 15 is 0 Å². The van der Waals surface area contributed by atoms with E-state index in [0.29, 0.717) is 33.2 Å². The number of rotatable bonds is 3. The summed E-state index contributed by atoms with van der Waals surface area (Å²) in [6.45, 7) is 2.07. The number of esters is 1. The molecule has 2 aromatic heterocycles. The van der Waals surface area contributed by atoms with E-state index in [1.807, 2.05) is 0 Å². The number of carbonyl (C=O) groups is 1. The maximum atomic E-state index is 11.8. The Morgan fingerprint density at radius 1 is 1.59 bits per heavy atom. The van der Waals surface area contributed by atoms with Crippen molar-refractivity contribution < 1.29 is 13.9 Å². The van der Waals surface area contributed by atoms with Gasteiger partial charge in [0.25, 0.3) is 0 Å². The van der Waals surface area contributed by atoms with Crippen LogP contribution in [-0.4, -0.2) is 12.6 Å². The van der Waals surface area contributed by atoms with Crippen molar-refractivity contribution in [2.24, 2.45) is 0 Å². The van der Waals surface area contributed by atoms with Crippen LogP contribution < -0.4 is 5.73 Å². The first-order valence-corrected chi connectivity index (χ1v) is 6.60. The van der Waals surface area contributed by atoms with Gasteiger partial charge in [-0.2, -0.15) is 0 Å². The van der Waals surface area contributed by atoms with Crippen molar-refractivity contribution in [2.75, 3.05) is 12.3 Å². The van der Waals surface area contributed by atoms with E-state index in [9.17, 15) is 4.79 Å². The minimum atomic E-state index is -0.422. The SMILES string of the molecule is CCOC(=O)c1c(-c2ccc(Br)o2)csc1N. The number of hydrogen-bond donors (Lipinski definition) is 1. The number of ether oxygens (including phenoxy) is 1. The molecule has 0 aliphatic carbocycles. The fraction of sp³-hybridized carbons (Fsp3) is 0.182. The minimum Gasteiger partial charge on any atom is -0.462 e. The Bertz CT molecular complexity index is 547. The number of halogens is 1. The van der Waals surface area contributed by atoms with Crippen molar-refractivity contribution in [3.8, 4) is 11.3 Å². The van der Waals surface area contributed by atoms with Gasteiger partial charge in [-0.05, 0) is 35.0 Å². The summed E-state index contributed by atoms with van der Waals surface area (Å²) in [5.74, 6) is 0.168. The summed E-state index contributed by atoms with van der Waals surface area (Å²) < 4.78 is 11.0. The third kappa shape index (κ3) is 2.37. The Morgan fingerprint density at radius 3 is 2.94 bits per heavy atom. The summed E-state index contributed by atoms with van der Waals surface area (Å²) >= 11 is 4.51. The fourth-order valence-electron chi connectivity index (χ4n) is 1.43. The van der Waals surface area contributed by atoms with Crippen molar-refractivity contribution in [1.29, 1.82) is 0 Å². The molecule has 0 radical (unpaired) electrons. The lowest BCUT2D eigenvalue weighted by molar-refractivity contribution is 0.0529. The number of hydrogen-bond acceptors (Lipinski definition) is 5. The smallest absolute Gasteiger partial charge is 0.341 e. The monoisotopic (exact) mass is 315 g/mol. The van der Waals surface area contributed by atoms with Gasteiger partial charge in [0.15, 0.2) is 4.67 Å². The molecule has 0 amide bonds. The Morgan fingerprint density at radius 2 is 2.35 bits per heavy atom. The fourth-order valence-corrected chi connectivity index (χ4v) is 2.52. The third-order valence-electron chi connectivity index (χ3n) is 2.14. The largest absolute Gasteiger partial charge is 0.462 e. The summed E-state index contributed by atoms with van der Waals surface area (Å²) in [5, 5.41) is 2.22. The van der Waals surface area contributed by atoms with E-state index in [1.165, 1.54) is 11.3 Å². The molecule has 0 saturated carbocycles. The summed E-state index contributed by atoms with van der Waals surface area (Å²) in [7, 11) is 0. The van der Waals surface area contributed by atoms with Gasteiger partial charge in [-0.1, -0.05) is 0 Å². The first-order chi connectivity index (χ1) is 8.13. The first kappa shape index (κ1) is 12.2. The van der Waals surface area contributed by atoms with E-state index in [4.69, 9.17) is 14.9 Å². The van der Waals surface area contributed by atoms with Gasteiger partial charge in [-0.3, -0.25) is 0 Å². The Labute approximate surface area is 111 Å². The molecule has 0 bridgehead atoms. The molecule has 0 fully saturated rings. The number of nitrogens with two attached hydrogens (primary N) is 1. The number of furan rings is 1. The molecule has 0 unspecified atom stereocenters. The number of nitrogen functional groups attached to an aromatic ring is 1. The van der Waals surface area contributed by atoms with Gasteiger partial charge in [0.2, 0.25) is 0 Å². The van der Waals surface area contributed by atoms with Crippen molar-refractivity contribution in [1.82, 2.24) is 0 Å². The zero-order chi connectivity index (χ0) is 12.4. The molecular weight excluding hydrogens is 306 g/mol. The zero-order valence-corrected chi connectivity index (χ0v) is 11.4. The van der Waals surface area contributed by atoms with E-state index in [2.05, 4.69) is 15.9 Å². The molecule has 2 aromatic rings. The molecule has 0 aromatic carbocycles. The highest BCUT2D eigenvalue weighted by atomic mass is 79.9. The number of thiophene rings is 1. The quantitative estimate of drug-likeness (QED) is 0.880. The highest BCUT2D eigenvalue weighted by Crippen LogP contribution is 2.35. The van der Waals surface area contributed by atoms with E-state index in [-0.39, 0.29) is 0 Å². The lowest BCUT2D eigenvalue weighted by Crippen LogP contribution is -2.06. The molecule has 4 nitrogen and oxygen atoms in total. The lowest BCUT2D eigenvalue weighted by Gasteiger charge is -2.03. The average Bonchev–Trinajstić information content (AvgIpc) is 2.85. The van der Waals surface area contributed by atoms with Gasteiger partial charge in [0.05, 0.1) is 6.61 Å². The maximum absolute atomic E-state index is 11.8.